The van der Waals surface area contributed by atoms with Crippen LogP contribution >= 0.6 is 0 Å². The van der Waals surface area contributed by atoms with Gasteiger partial charge in [0.25, 0.3) is 0 Å². The summed E-state index contributed by atoms with van der Waals surface area (Å²) in [5, 5.41) is 0. The number of rotatable bonds is 5. The van der Waals surface area contributed by atoms with Gasteiger partial charge in [-0.05, 0) is 17.6 Å². The lowest BCUT2D eigenvalue weighted by atomic mass is 10.0. The summed E-state index contributed by atoms with van der Waals surface area (Å²) in [6.07, 6.45) is 5.81. The average Bonchev–Trinajstić information content (AvgIpc) is 2.27. The molecule has 0 aliphatic rings. The van der Waals surface area contributed by atoms with Crippen molar-refractivity contribution in [1.82, 2.24) is 0 Å². The fourth-order valence-corrected chi connectivity index (χ4v) is 1.22. The average molecular weight is 200 g/mol. The van der Waals surface area contributed by atoms with Crippen molar-refractivity contribution >= 4 is 11.9 Å². The highest BCUT2D eigenvalue weighted by Gasteiger charge is 2.01. The minimum absolute atomic E-state index is 0.145. The molecular formula is C14H16O. The molecule has 0 heterocycles. The zero-order valence-corrected chi connectivity index (χ0v) is 9.02. The summed E-state index contributed by atoms with van der Waals surface area (Å²) in [5.41, 5.74) is 1.05. The maximum atomic E-state index is 11.5. The quantitative estimate of drug-likeness (QED) is 0.525. The fourth-order valence-electron chi connectivity index (χ4n) is 1.22. The van der Waals surface area contributed by atoms with Crippen molar-refractivity contribution in [1.29, 1.82) is 0 Å². The Kier molecular flexibility index (Phi) is 4.55. The van der Waals surface area contributed by atoms with Gasteiger partial charge < -0.3 is 0 Å². The highest BCUT2D eigenvalue weighted by Crippen LogP contribution is 2.06. The number of benzene rings is 1. The van der Waals surface area contributed by atoms with Gasteiger partial charge in [-0.15, -0.1) is 6.58 Å². The molecule has 1 aromatic carbocycles. The topological polar surface area (TPSA) is 17.1 Å². The first-order valence-electron chi connectivity index (χ1n) is 5.11. The Morgan fingerprint density at radius 2 is 2.07 bits per heavy atom. The van der Waals surface area contributed by atoms with Gasteiger partial charge in [0.15, 0.2) is 5.78 Å². The van der Waals surface area contributed by atoms with E-state index in [9.17, 15) is 4.79 Å². The molecule has 0 radical (unpaired) electrons. The van der Waals surface area contributed by atoms with Gasteiger partial charge in [0, 0.05) is 6.42 Å². The van der Waals surface area contributed by atoms with E-state index < -0.39 is 0 Å². The summed E-state index contributed by atoms with van der Waals surface area (Å²) in [7, 11) is 0. The first-order chi connectivity index (χ1) is 7.22. The summed E-state index contributed by atoms with van der Waals surface area (Å²) < 4.78 is 0. The molecule has 0 aromatic heterocycles. The van der Waals surface area contributed by atoms with Crippen LogP contribution in [0.25, 0.3) is 6.08 Å². The zero-order chi connectivity index (χ0) is 11.1. The SMILES string of the molecule is C=C[C@H](C)CC(=O)/C=C/c1ccccc1. The maximum Gasteiger partial charge on any atom is 0.156 e. The first kappa shape index (κ1) is 11.4. The summed E-state index contributed by atoms with van der Waals surface area (Å²) in [6, 6.07) is 9.81. The lowest BCUT2D eigenvalue weighted by Gasteiger charge is -2.00. The number of hydrogen-bond acceptors (Lipinski definition) is 1. The van der Waals surface area contributed by atoms with Crippen molar-refractivity contribution in [3.8, 4) is 0 Å². The van der Waals surface area contributed by atoms with Gasteiger partial charge >= 0.3 is 0 Å². The van der Waals surface area contributed by atoms with Crippen molar-refractivity contribution < 1.29 is 4.79 Å². The van der Waals surface area contributed by atoms with E-state index in [2.05, 4.69) is 6.58 Å². The summed E-state index contributed by atoms with van der Waals surface area (Å²) in [4.78, 5) is 11.5. The maximum absolute atomic E-state index is 11.5. The molecule has 78 valence electrons. The zero-order valence-electron chi connectivity index (χ0n) is 9.02. The van der Waals surface area contributed by atoms with E-state index in [1.54, 1.807) is 12.2 Å². The number of allylic oxidation sites excluding steroid dienone is 2. The van der Waals surface area contributed by atoms with Crippen molar-refractivity contribution in [2.75, 3.05) is 0 Å². The Balaban J connectivity index is 2.51. The highest BCUT2D eigenvalue weighted by atomic mass is 16.1. The van der Waals surface area contributed by atoms with Crippen LogP contribution in [0.1, 0.15) is 18.9 Å². The molecule has 1 rings (SSSR count). The van der Waals surface area contributed by atoms with Crippen LogP contribution in [-0.4, -0.2) is 5.78 Å². The van der Waals surface area contributed by atoms with Gasteiger partial charge in [0.05, 0.1) is 0 Å². The molecule has 15 heavy (non-hydrogen) atoms. The summed E-state index contributed by atoms with van der Waals surface area (Å²) >= 11 is 0. The summed E-state index contributed by atoms with van der Waals surface area (Å²) in [5.74, 6) is 0.393. The molecule has 0 aliphatic heterocycles. The van der Waals surface area contributed by atoms with E-state index in [1.165, 1.54) is 0 Å². The number of ketones is 1. The van der Waals surface area contributed by atoms with Crippen molar-refractivity contribution in [3.63, 3.8) is 0 Å². The van der Waals surface area contributed by atoms with Crippen LogP contribution in [0.2, 0.25) is 0 Å². The van der Waals surface area contributed by atoms with Crippen LogP contribution in [-0.2, 0) is 4.79 Å². The fraction of sp³-hybridized carbons (Fsp3) is 0.214. The number of hydrogen-bond donors (Lipinski definition) is 0. The molecule has 0 N–H and O–H groups in total. The standard InChI is InChI=1S/C14H16O/c1-3-12(2)11-14(15)10-9-13-7-5-4-6-8-13/h3-10,12H,1,11H2,2H3/b10-9+/t12-/m0/s1. The minimum Gasteiger partial charge on any atom is -0.295 e. The van der Waals surface area contributed by atoms with Crippen LogP contribution < -0.4 is 0 Å². The van der Waals surface area contributed by atoms with Crippen LogP contribution in [0.4, 0.5) is 0 Å². The predicted octanol–water partition coefficient (Wildman–Crippen LogP) is 3.48. The predicted molar refractivity (Wildman–Crippen MR) is 64.5 cm³/mol. The summed E-state index contributed by atoms with van der Waals surface area (Å²) in [6.45, 7) is 5.64. The Bertz CT molecular complexity index is 349. The Morgan fingerprint density at radius 1 is 1.40 bits per heavy atom. The molecular weight excluding hydrogens is 184 g/mol. The van der Waals surface area contributed by atoms with Gasteiger partial charge in [-0.25, -0.2) is 0 Å². The van der Waals surface area contributed by atoms with Gasteiger partial charge in [-0.3, -0.25) is 4.79 Å². The number of carbonyl (C=O) groups excluding carboxylic acids is 1. The van der Waals surface area contributed by atoms with Crippen LogP contribution in [0.15, 0.2) is 49.1 Å². The van der Waals surface area contributed by atoms with Crippen molar-refractivity contribution in [2.45, 2.75) is 13.3 Å². The van der Waals surface area contributed by atoms with E-state index in [4.69, 9.17) is 0 Å². The Hall–Kier alpha value is -1.63. The third kappa shape index (κ3) is 4.41. The highest BCUT2D eigenvalue weighted by molar-refractivity contribution is 5.93. The lowest BCUT2D eigenvalue weighted by molar-refractivity contribution is -0.115. The molecule has 0 aliphatic carbocycles. The van der Waals surface area contributed by atoms with Gasteiger partial charge in [-0.2, -0.15) is 0 Å². The molecule has 0 bridgehead atoms. The second-order valence-electron chi connectivity index (χ2n) is 3.63. The monoisotopic (exact) mass is 200 g/mol. The Labute approximate surface area is 91.1 Å². The third-order valence-electron chi connectivity index (χ3n) is 2.19. The van der Waals surface area contributed by atoms with E-state index >= 15 is 0 Å². The lowest BCUT2D eigenvalue weighted by Crippen LogP contribution is -1.99. The Morgan fingerprint density at radius 3 is 2.67 bits per heavy atom. The normalized spacial score (nSPS) is 12.6. The van der Waals surface area contributed by atoms with Crippen LogP contribution in [0.5, 0.6) is 0 Å². The molecule has 1 heteroatoms. The van der Waals surface area contributed by atoms with Crippen molar-refractivity contribution in [2.24, 2.45) is 5.92 Å². The third-order valence-corrected chi connectivity index (χ3v) is 2.19. The van der Waals surface area contributed by atoms with E-state index in [1.807, 2.05) is 43.3 Å². The molecule has 1 nitrogen and oxygen atoms in total. The number of carbonyl (C=O) groups is 1. The molecule has 0 spiro atoms. The van der Waals surface area contributed by atoms with Crippen molar-refractivity contribution in [3.05, 3.63) is 54.6 Å². The molecule has 1 atom stereocenters. The molecule has 0 saturated carbocycles. The molecule has 1 aromatic rings. The molecule has 0 saturated heterocycles. The smallest absolute Gasteiger partial charge is 0.156 e. The molecule has 0 unspecified atom stereocenters. The van der Waals surface area contributed by atoms with E-state index in [-0.39, 0.29) is 11.7 Å². The van der Waals surface area contributed by atoms with Gasteiger partial charge in [0.1, 0.15) is 0 Å². The first-order valence-corrected chi connectivity index (χ1v) is 5.11. The van der Waals surface area contributed by atoms with Gasteiger partial charge in [0.2, 0.25) is 0 Å². The van der Waals surface area contributed by atoms with E-state index in [0.717, 1.165) is 5.56 Å². The molecule has 0 fully saturated rings. The van der Waals surface area contributed by atoms with Gasteiger partial charge in [-0.1, -0.05) is 49.4 Å². The van der Waals surface area contributed by atoms with Crippen LogP contribution in [0.3, 0.4) is 0 Å². The van der Waals surface area contributed by atoms with E-state index in [0.29, 0.717) is 6.42 Å². The second-order valence-corrected chi connectivity index (χ2v) is 3.63. The molecule has 0 amide bonds. The van der Waals surface area contributed by atoms with Crippen LogP contribution in [0, 0.1) is 5.92 Å². The second kappa shape index (κ2) is 5.97. The minimum atomic E-state index is 0.145. The largest absolute Gasteiger partial charge is 0.295 e.